The van der Waals surface area contributed by atoms with Gasteiger partial charge in [0.1, 0.15) is 11.6 Å². The summed E-state index contributed by atoms with van der Waals surface area (Å²) in [6, 6.07) is 9.78. The first-order chi connectivity index (χ1) is 12.6. The van der Waals surface area contributed by atoms with Crippen LogP contribution in [0.15, 0.2) is 42.5 Å². The summed E-state index contributed by atoms with van der Waals surface area (Å²) >= 11 is 10.1. The predicted octanol–water partition coefficient (Wildman–Crippen LogP) is 4.71. The van der Waals surface area contributed by atoms with Gasteiger partial charge in [-0.25, -0.2) is 9.18 Å². The predicted molar refractivity (Wildman–Crippen MR) is 107 cm³/mol. The van der Waals surface area contributed by atoms with Gasteiger partial charge in [0.25, 0.3) is 0 Å². The van der Waals surface area contributed by atoms with Crippen molar-refractivity contribution in [3.05, 3.63) is 58.9 Å². The molecule has 8 heteroatoms. The molecule has 0 spiro atoms. The molecule has 2 aromatic carbocycles. The lowest BCUT2D eigenvalue weighted by atomic mass is 9.80. The molecule has 27 heavy (non-hydrogen) atoms. The highest BCUT2D eigenvalue weighted by molar-refractivity contribution is 7.78. The maximum atomic E-state index is 12.9. The summed E-state index contributed by atoms with van der Waals surface area (Å²) in [4.78, 5) is 25.0. The fourth-order valence-corrected chi connectivity index (χ4v) is 2.71. The zero-order chi connectivity index (χ0) is 20.2. The van der Waals surface area contributed by atoms with Crippen LogP contribution < -0.4 is 10.1 Å². The van der Waals surface area contributed by atoms with Crippen molar-refractivity contribution >= 4 is 41.9 Å². The number of benzene rings is 2. The molecule has 0 radical (unpaired) electrons. The first-order valence-corrected chi connectivity index (χ1v) is 8.83. The summed E-state index contributed by atoms with van der Waals surface area (Å²) < 4.78 is 19.1. The van der Waals surface area contributed by atoms with E-state index in [4.69, 9.17) is 16.3 Å². The Morgan fingerprint density at radius 2 is 1.85 bits per heavy atom. The molecule has 0 heterocycles. The Balaban J connectivity index is 2.07. The topological polar surface area (TPSA) is 58.6 Å². The van der Waals surface area contributed by atoms with E-state index in [0.29, 0.717) is 22.0 Å². The third-order valence-electron chi connectivity index (χ3n) is 4.19. The number of anilines is 1. The minimum atomic E-state index is -0.894. The summed E-state index contributed by atoms with van der Waals surface area (Å²) in [6.07, 6.45) is 0. The molecular formula is C19H20ClFN2O3S. The van der Waals surface area contributed by atoms with Gasteiger partial charge >= 0.3 is 6.03 Å². The Morgan fingerprint density at radius 3 is 2.44 bits per heavy atom. The van der Waals surface area contributed by atoms with Crippen LogP contribution in [0.3, 0.4) is 0 Å². The number of thiol groups is 1. The molecule has 0 bridgehead atoms. The van der Waals surface area contributed by atoms with Crippen LogP contribution >= 0.6 is 24.4 Å². The monoisotopic (exact) mass is 410 g/mol. The molecule has 2 amide bonds. The Kier molecular flexibility index (Phi) is 6.73. The molecule has 0 fully saturated rings. The van der Waals surface area contributed by atoms with E-state index in [9.17, 15) is 14.0 Å². The van der Waals surface area contributed by atoms with E-state index in [2.05, 4.69) is 18.1 Å². The molecule has 0 aliphatic rings. The van der Waals surface area contributed by atoms with E-state index >= 15 is 0 Å². The van der Waals surface area contributed by atoms with Crippen molar-refractivity contribution in [2.75, 3.05) is 19.0 Å². The van der Waals surface area contributed by atoms with Crippen LogP contribution in [0.4, 0.5) is 14.9 Å². The number of urea groups is 1. The molecule has 0 unspecified atom stereocenters. The molecule has 0 aliphatic heterocycles. The zero-order valence-corrected chi connectivity index (χ0v) is 16.8. The number of ether oxygens (including phenoxy) is 1. The first kappa shape index (κ1) is 21.1. The molecule has 0 atom stereocenters. The minimum absolute atomic E-state index is 0.226. The van der Waals surface area contributed by atoms with Crippen LogP contribution in [-0.2, 0) is 10.2 Å². The Labute approximate surface area is 168 Å². The van der Waals surface area contributed by atoms with Crippen LogP contribution in [0.5, 0.6) is 5.75 Å². The summed E-state index contributed by atoms with van der Waals surface area (Å²) in [5.41, 5.74) is 0.207. The Hall–Kier alpha value is -2.25. The van der Waals surface area contributed by atoms with Crippen molar-refractivity contribution in [3.8, 4) is 5.75 Å². The number of carbonyl (C=O) groups is 2. The molecule has 1 N–H and O–H groups in total. The SMILES string of the molecule is COc1cc(C(C)(C)C(=O)CN(S)C(=O)Nc2ccc(F)cc2)ccc1Cl. The van der Waals surface area contributed by atoms with Crippen molar-refractivity contribution < 1.29 is 18.7 Å². The molecule has 2 aromatic rings. The lowest BCUT2D eigenvalue weighted by molar-refractivity contribution is -0.123. The van der Waals surface area contributed by atoms with Crippen LogP contribution in [0.25, 0.3) is 0 Å². The molecule has 0 saturated carbocycles. The Morgan fingerprint density at radius 1 is 1.22 bits per heavy atom. The molecule has 0 aromatic heterocycles. The Bertz CT molecular complexity index is 843. The minimum Gasteiger partial charge on any atom is -0.495 e. The van der Waals surface area contributed by atoms with Gasteiger partial charge in [0.05, 0.1) is 24.1 Å². The number of rotatable bonds is 6. The van der Waals surface area contributed by atoms with Gasteiger partial charge in [0, 0.05) is 5.69 Å². The van der Waals surface area contributed by atoms with E-state index in [-0.39, 0.29) is 12.3 Å². The van der Waals surface area contributed by atoms with E-state index in [0.717, 1.165) is 4.31 Å². The number of hydrogen-bond acceptors (Lipinski definition) is 4. The summed E-state index contributed by atoms with van der Waals surface area (Å²) in [6.45, 7) is 3.27. The van der Waals surface area contributed by atoms with Gasteiger partial charge in [-0.05, 0) is 55.8 Å². The average Bonchev–Trinajstić information content (AvgIpc) is 2.63. The summed E-state index contributed by atoms with van der Waals surface area (Å²) in [7, 11) is 1.50. The number of methoxy groups -OCH3 is 1. The second kappa shape index (κ2) is 8.63. The number of nitrogens with one attached hydrogen (secondary N) is 1. The van der Waals surface area contributed by atoms with Gasteiger partial charge < -0.3 is 10.1 Å². The zero-order valence-electron chi connectivity index (χ0n) is 15.1. The molecule has 0 aliphatic carbocycles. The fraction of sp³-hybridized carbons (Fsp3) is 0.263. The maximum absolute atomic E-state index is 12.9. The van der Waals surface area contributed by atoms with E-state index in [1.807, 2.05) is 0 Å². The largest absolute Gasteiger partial charge is 0.495 e. The first-order valence-electron chi connectivity index (χ1n) is 8.05. The number of nitrogens with zero attached hydrogens (tertiary/aromatic N) is 1. The number of halogens is 2. The number of amides is 2. The number of ketones is 1. The summed E-state index contributed by atoms with van der Waals surface area (Å²) in [5, 5.41) is 2.99. The van der Waals surface area contributed by atoms with Gasteiger partial charge in [-0.1, -0.05) is 30.5 Å². The lowest BCUT2D eigenvalue weighted by Crippen LogP contribution is -2.39. The van der Waals surface area contributed by atoms with E-state index in [1.165, 1.54) is 31.4 Å². The van der Waals surface area contributed by atoms with Gasteiger partial charge in [-0.15, -0.1) is 0 Å². The second-order valence-electron chi connectivity index (χ2n) is 6.39. The van der Waals surface area contributed by atoms with E-state index < -0.39 is 17.3 Å². The van der Waals surface area contributed by atoms with E-state index in [1.54, 1.807) is 32.0 Å². The standard InChI is InChI=1S/C19H20ClFN2O3S/c1-19(2,12-4-9-15(20)16(10-12)26-3)17(24)11-23(27)18(25)22-14-7-5-13(21)6-8-14/h4-10,27H,11H2,1-3H3,(H,22,25). The van der Waals surface area contributed by atoms with Crippen LogP contribution in [0.1, 0.15) is 19.4 Å². The van der Waals surface area contributed by atoms with Crippen molar-refractivity contribution in [1.82, 2.24) is 4.31 Å². The third kappa shape index (κ3) is 5.14. The van der Waals surface area contributed by atoms with Gasteiger partial charge in [-0.2, -0.15) is 0 Å². The highest BCUT2D eigenvalue weighted by atomic mass is 35.5. The van der Waals surface area contributed by atoms with Gasteiger partial charge in [0.15, 0.2) is 5.78 Å². The normalized spacial score (nSPS) is 11.0. The fourth-order valence-electron chi connectivity index (χ4n) is 2.34. The lowest BCUT2D eigenvalue weighted by Gasteiger charge is -2.26. The number of Topliss-reactive ketones (excluding diaryl/α,β-unsaturated/α-hetero) is 1. The molecule has 0 saturated heterocycles. The third-order valence-corrected chi connectivity index (χ3v) is 4.83. The smallest absolute Gasteiger partial charge is 0.332 e. The van der Waals surface area contributed by atoms with Crippen LogP contribution in [-0.4, -0.2) is 29.8 Å². The molecule has 5 nitrogen and oxygen atoms in total. The molecule has 2 rings (SSSR count). The van der Waals surface area contributed by atoms with Gasteiger partial charge in [0.2, 0.25) is 0 Å². The van der Waals surface area contributed by atoms with Gasteiger partial charge in [-0.3, -0.25) is 9.10 Å². The highest BCUT2D eigenvalue weighted by Gasteiger charge is 2.32. The second-order valence-corrected chi connectivity index (χ2v) is 7.28. The number of hydrogen-bond donors (Lipinski definition) is 2. The van der Waals surface area contributed by atoms with Crippen molar-refractivity contribution in [2.45, 2.75) is 19.3 Å². The highest BCUT2D eigenvalue weighted by Crippen LogP contribution is 2.32. The molecule has 144 valence electrons. The van der Waals surface area contributed by atoms with Crippen molar-refractivity contribution in [1.29, 1.82) is 0 Å². The number of carbonyl (C=O) groups excluding carboxylic acids is 2. The molecular weight excluding hydrogens is 391 g/mol. The average molecular weight is 411 g/mol. The van der Waals surface area contributed by atoms with Crippen LogP contribution in [0.2, 0.25) is 5.02 Å². The quantitative estimate of drug-likeness (QED) is 0.678. The van der Waals surface area contributed by atoms with Crippen LogP contribution in [0, 0.1) is 5.82 Å². The van der Waals surface area contributed by atoms with Crippen molar-refractivity contribution in [2.24, 2.45) is 0 Å². The summed E-state index contributed by atoms with van der Waals surface area (Å²) in [5.74, 6) is -0.172. The maximum Gasteiger partial charge on any atom is 0.332 e. The van der Waals surface area contributed by atoms with Crippen molar-refractivity contribution in [3.63, 3.8) is 0 Å².